The molecule has 0 saturated carbocycles. The standard InChI is InChI=1S/C10H12BrNO3/c1-6(15-10(12)14)9(13)7-4-2-3-5-8(7)11/h2-6,9,13H,1H3,(H2,12,14)/t6-,9+/m0/s1. The summed E-state index contributed by atoms with van der Waals surface area (Å²) in [6.07, 6.45) is -2.47. The van der Waals surface area contributed by atoms with E-state index in [1.54, 1.807) is 25.1 Å². The van der Waals surface area contributed by atoms with Crippen LogP contribution in [0.25, 0.3) is 0 Å². The minimum atomic E-state index is -0.895. The Morgan fingerprint density at radius 3 is 2.67 bits per heavy atom. The second-order valence-corrected chi connectivity index (χ2v) is 3.96. The molecule has 1 aromatic rings. The van der Waals surface area contributed by atoms with E-state index in [0.717, 1.165) is 4.47 Å². The number of rotatable bonds is 3. The second kappa shape index (κ2) is 5.14. The summed E-state index contributed by atoms with van der Waals surface area (Å²) in [6.45, 7) is 1.58. The smallest absolute Gasteiger partial charge is 0.404 e. The molecule has 5 heteroatoms. The van der Waals surface area contributed by atoms with Crippen molar-refractivity contribution in [3.8, 4) is 0 Å². The predicted molar refractivity (Wildman–Crippen MR) is 59.2 cm³/mol. The van der Waals surface area contributed by atoms with Crippen LogP contribution < -0.4 is 5.73 Å². The molecule has 0 aromatic heterocycles. The van der Waals surface area contributed by atoms with E-state index in [4.69, 9.17) is 5.73 Å². The van der Waals surface area contributed by atoms with Crippen LogP contribution in [0.1, 0.15) is 18.6 Å². The average Bonchev–Trinajstić information content (AvgIpc) is 2.16. The number of hydrogen-bond acceptors (Lipinski definition) is 3. The maximum absolute atomic E-state index is 10.5. The maximum atomic E-state index is 10.5. The van der Waals surface area contributed by atoms with Crippen LogP contribution in [0.15, 0.2) is 28.7 Å². The number of hydrogen-bond donors (Lipinski definition) is 2. The molecule has 1 amide bonds. The number of aliphatic hydroxyl groups excluding tert-OH is 1. The van der Waals surface area contributed by atoms with Gasteiger partial charge in [-0.25, -0.2) is 4.79 Å². The molecule has 1 rings (SSSR count). The van der Waals surface area contributed by atoms with Crippen molar-refractivity contribution < 1.29 is 14.6 Å². The minimum Gasteiger partial charge on any atom is -0.444 e. The monoisotopic (exact) mass is 273 g/mol. The zero-order valence-corrected chi connectivity index (χ0v) is 9.77. The van der Waals surface area contributed by atoms with Crippen LogP contribution in [-0.2, 0) is 4.74 Å². The van der Waals surface area contributed by atoms with Gasteiger partial charge in [-0.15, -0.1) is 0 Å². The van der Waals surface area contributed by atoms with Crippen molar-refractivity contribution >= 4 is 22.0 Å². The number of carbonyl (C=O) groups excluding carboxylic acids is 1. The van der Waals surface area contributed by atoms with E-state index >= 15 is 0 Å². The molecule has 0 aliphatic carbocycles. The lowest BCUT2D eigenvalue weighted by Crippen LogP contribution is -2.26. The topological polar surface area (TPSA) is 72.5 Å². The Morgan fingerprint density at radius 1 is 1.53 bits per heavy atom. The Kier molecular flexibility index (Phi) is 4.11. The van der Waals surface area contributed by atoms with Crippen molar-refractivity contribution in [2.75, 3.05) is 0 Å². The zero-order chi connectivity index (χ0) is 11.4. The number of benzene rings is 1. The van der Waals surface area contributed by atoms with Crippen molar-refractivity contribution in [1.29, 1.82) is 0 Å². The fourth-order valence-corrected chi connectivity index (χ4v) is 1.73. The van der Waals surface area contributed by atoms with Crippen molar-refractivity contribution in [2.24, 2.45) is 5.73 Å². The van der Waals surface area contributed by atoms with Crippen LogP contribution in [0.5, 0.6) is 0 Å². The summed E-state index contributed by atoms with van der Waals surface area (Å²) in [5.41, 5.74) is 5.52. The number of carbonyl (C=O) groups is 1. The molecule has 0 aliphatic heterocycles. The highest BCUT2D eigenvalue weighted by Gasteiger charge is 2.20. The van der Waals surface area contributed by atoms with Crippen molar-refractivity contribution in [2.45, 2.75) is 19.1 Å². The quantitative estimate of drug-likeness (QED) is 0.885. The van der Waals surface area contributed by atoms with Gasteiger partial charge in [0.25, 0.3) is 0 Å². The van der Waals surface area contributed by atoms with Crippen molar-refractivity contribution in [3.63, 3.8) is 0 Å². The molecule has 0 bridgehead atoms. The van der Waals surface area contributed by atoms with Gasteiger partial charge in [0, 0.05) is 4.47 Å². The van der Waals surface area contributed by atoms with Gasteiger partial charge in [0.05, 0.1) is 0 Å². The molecule has 0 radical (unpaired) electrons. The van der Waals surface area contributed by atoms with Crippen LogP contribution in [0.2, 0.25) is 0 Å². The van der Waals surface area contributed by atoms with Gasteiger partial charge in [-0.05, 0) is 18.6 Å². The van der Waals surface area contributed by atoms with Gasteiger partial charge in [0.1, 0.15) is 12.2 Å². The SMILES string of the molecule is C[C@H](OC(N)=O)[C@@H](O)c1ccccc1Br. The van der Waals surface area contributed by atoms with E-state index in [2.05, 4.69) is 20.7 Å². The van der Waals surface area contributed by atoms with E-state index < -0.39 is 18.3 Å². The Labute approximate surface area is 96.2 Å². The number of halogens is 1. The number of nitrogens with two attached hydrogens (primary N) is 1. The molecular weight excluding hydrogens is 262 g/mol. The molecule has 0 heterocycles. The number of ether oxygens (including phenoxy) is 1. The molecule has 0 fully saturated rings. The van der Waals surface area contributed by atoms with E-state index in [-0.39, 0.29) is 0 Å². The van der Waals surface area contributed by atoms with Gasteiger partial charge in [-0.2, -0.15) is 0 Å². The Balaban J connectivity index is 2.80. The summed E-state index contributed by atoms with van der Waals surface area (Å²) in [7, 11) is 0. The molecule has 4 nitrogen and oxygen atoms in total. The third-order valence-electron chi connectivity index (χ3n) is 1.97. The molecule has 0 spiro atoms. The largest absolute Gasteiger partial charge is 0.444 e. The van der Waals surface area contributed by atoms with E-state index in [9.17, 15) is 9.90 Å². The Hall–Kier alpha value is -1.07. The van der Waals surface area contributed by atoms with Crippen LogP contribution in [-0.4, -0.2) is 17.3 Å². The molecule has 2 atom stereocenters. The normalized spacial score (nSPS) is 14.3. The average molecular weight is 274 g/mol. The first kappa shape index (κ1) is 12.0. The van der Waals surface area contributed by atoms with E-state index in [0.29, 0.717) is 5.56 Å². The van der Waals surface area contributed by atoms with Crippen LogP contribution in [0.3, 0.4) is 0 Å². The first-order valence-electron chi connectivity index (χ1n) is 4.41. The molecule has 0 aliphatic rings. The molecule has 0 unspecified atom stereocenters. The first-order valence-corrected chi connectivity index (χ1v) is 5.20. The fraction of sp³-hybridized carbons (Fsp3) is 0.300. The van der Waals surface area contributed by atoms with E-state index in [1.807, 2.05) is 6.07 Å². The third kappa shape index (κ3) is 3.21. The zero-order valence-electron chi connectivity index (χ0n) is 8.18. The molecule has 1 aromatic carbocycles. The van der Waals surface area contributed by atoms with Gasteiger partial charge in [0.15, 0.2) is 0 Å². The minimum absolute atomic E-state index is 0.659. The summed E-state index contributed by atoms with van der Waals surface area (Å²) in [5.74, 6) is 0. The summed E-state index contributed by atoms with van der Waals surface area (Å²) < 4.78 is 5.45. The number of aliphatic hydroxyl groups is 1. The Morgan fingerprint density at radius 2 is 2.13 bits per heavy atom. The molecule has 3 N–H and O–H groups in total. The van der Waals surface area contributed by atoms with E-state index in [1.165, 1.54) is 0 Å². The highest BCUT2D eigenvalue weighted by Crippen LogP contribution is 2.26. The molecular formula is C10H12BrNO3. The summed E-state index contributed by atoms with van der Waals surface area (Å²) in [6, 6.07) is 7.17. The summed E-state index contributed by atoms with van der Waals surface area (Å²) >= 11 is 3.30. The second-order valence-electron chi connectivity index (χ2n) is 3.11. The van der Waals surface area contributed by atoms with Crippen molar-refractivity contribution in [3.05, 3.63) is 34.3 Å². The van der Waals surface area contributed by atoms with Gasteiger partial charge in [-0.3, -0.25) is 0 Å². The molecule has 82 valence electrons. The van der Waals surface area contributed by atoms with Gasteiger partial charge in [-0.1, -0.05) is 34.1 Å². The van der Waals surface area contributed by atoms with Gasteiger partial charge < -0.3 is 15.6 Å². The summed E-state index contributed by atoms with van der Waals surface area (Å²) in [4.78, 5) is 10.5. The molecule has 15 heavy (non-hydrogen) atoms. The van der Waals surface area contributed by atoms with Gasteiger partial charge >= 0.3 is 6.09 Å². The summed E-state index contributed by atoms with van der Waals surface area (Å²) in [5, 5.41) is 9.86. The lowest BCUT2D eigenvalue weighted by Gasteiger charge is -2.19. The highest BCUT2D eigenvalue weighted by molar-refractivity contribution is 9.10. The first-order chi connectivity index (χ1) is 7.02. The Bertz CT molecular complexity index is 356. The van der Waals surface area contributed by atoms with Crippen LogP contribution in [0.4, 0.5) is 4.79 Å². The fourth-order valence-electron chi connectivity index (χ4n) is 1.22. The number of amides is 1. The van der Waals surface area contributed by atoms with Crippen molar-refractivity contribution in [1.82, 2.24) is 0 Å². The predicted octanol–water partition coefficient (Wildman–Crippen LogP) is 1.97. The highest BCUT2D eigenvalue weighted by atomic mass is 79.9. The lowest BCUT2D eigenvalue weighted by molar-refractivity contribution is 0.0154. The van der Waals surface area contributed by atoms with Gasteiger partial charge in [0.2, 0.25) is 0 Å². The van der Waals surface area contributed by atoms with Crippen LogP contribution >= 0.6 is 15.9 Å². The maximum Gasteiger partial charge on any atom is 0.404 e. The third-order valence-corrected chi connectivity index (χ3v) is 2.69. The number of primary amides is 1. The molecule has 0 saturated heterocycles. The van der Waals surface area contributed by atoms with Crippen LogP contribution in [0, 0.1) is 0 Å². The lowest BCUT2D eigenvalue weighted by atomic mass is 10.1.